The van der Waals surface area contributed by atoms with Crippen LogP contribution in [-0.4, -0.2) is 24.5 Å². The second-order valence-electron chi connectivity index (χ2n) is 2.93. The van der Waals surface area contributed by atoms with Crippen molar-refractivity contribution < 1.29 is 5.11 Å². The molecule has 1 unspecified atom stereocenters. The van der Waals surface area contributed by atoms with Gasteiger partial charge in [-0.1, -0.05) is 4.49 Å². The van der Waals surface area contributed by atoms with Crippen molar-refractivity contribution in [2.75, 3.05) is 0 Å². The fourth-order valence-corrected chi connectivity index (χ4v) is 2.31. The second-order valence-corrected chi connectivity index (χ2v) is 4.39. The van der Waals surface area contributed by atoms with E-state index in [1.165, 1.54) is 11.5 Å². The van der Waals surface area contributed by atoms with Crippen molar-refractivity contribution >= 4 is 27.5 Å². The Morgan fingerprint density at radius 3 is 3.07 bits per heavy atom. The Hall–Kier alpha value is -0.790. The van der Waals surface area contributed by atoms with Crippen LogP contribution < -0.4 is 0 Å². The van der Waals surface area contributed by atoms with Crippen LogP contribution in [0.25, 0.3) is 0 Å². The summed E-state index contributed by atoms with van der Waals surface area (Å²) in [4.78, 5) is 0. The molecule has 0 saturated carbocycles. The predicted octanol–water partition coefficient (Wildman–Crippen LogP) is 1.60. The number of aliphatic hydroxyl groups is 1. The molecule has 0 aliphatic heterocycles. The summed E-state index contributed by atoms with van der Waals surface area (Å²) in [5.41, 5.74) is 1.26. The predicted molar refractivity (Wildman–Crippen MR) is 59.6 cm³/mol. The molecule has 2 rings (SSSR count). The Labute approximate surface area is 99.0 Å². The molecule has 0 bridgehead atoms. The summed E-state index contributed by atoms with van der Waals surface area (Å²) in [6.07, 6.45) is 0.891. The fraction of sp³-hybridized carbons (Fsp3) is 0.375. The molecule has 0 aromatic carbocycles. The van der Waals surface area contributed by atoms with Gasteiger partial charge in [-0.3, -0.25) is 4.68 Å². The molecule has 15 heavy (non-hydrogen) atoms. The van der Waals surface area contributed by atoms with Crippen LogP contribution >= 0.6 is 27.5 Å². The van der Waals surface area contributed by atoms with Gasteiger partial charge in [0.05, 0.1) is 16.4 Å². The highest BCUT2D eigenvalue weighted by atomic mass is 79.9. The van der Waals surface area contributed by atoms with Crippen LogP contribution in [0, 0.1) is 0 Å². The van der Waals surface area contributed by atoms with E-state index in [0.717, 1.165) is 4.47 Å². The first-order chi connectivity index (χ1) is 7.24. The number of aliphatic hydroxyl groups excluding tert-OH is 1. The number of aryl methyl sites for hydroxylation is 1. The maximum atomic E-state index is 10.1. The van der Waals surface area contributed by atoms with Crippen LogP contribution in [0.4, 0.5) is 0 Å². The zero-order valence-corrected chi connectivity index (χ0v) is 10.4. The zero-order valence-electron chi connectivity index (χ0n) is 7.96. The second kappa shape index (κ2) is 4.38. The molecule has 80 valence electrons. The molecule has 0 saturated heterocycles. The minimum atomic E-state index is -0.777. The number of hydrogen-bond donors (Lipinski definition) is 1. The molecule has 2 aromatic heterocycles. The van der Waals surface area contributed by atoms with E-state index in [2.05, 4.69) is 30.6 Å². The molecule has 7 heteroatoms. The van der Waals surface area contributed by atoms with Gasteiger partial charge in [-0.25, -0.2) is 0 Å². The van der Waals surface area contributed by atoms with Crippen LogP contribution in [0.15, 0.2) is 16.0 Å². The summed E-state index contributed by atoms with van der Waals surface area (Å²) in [7, 11) is 0. The standard InChI is InChI=1S/C8H9BrN4OS/c1-2-13-7(5(9)3-10-13)8(14)6-4-15-12-11-6/h3-4,8,14H,2H2,1H3. The van der Waals surface area contributed by atoms with E-state index in [4.69, 9.17) is 0 Å². The Bertz CT molecular complexity index is 441. The Kier molecular flexibility index (Phi) is 3.13. The molecular weight excluding hydrogens is 280 g/mol. The molecule has 0 radical (unpaired) electrons. The van der Waals surface area contributed by atoms with E-state index in [0.29, 0.717) is 17.9 Å². The molecule has 0 amide bonds. The summed E-state index contributed by atoms with van der Waals surface area (Å²) >= 11 is 4.57. The molecule has 1 atom stereocenters. The molecule has 0 spiro atoms. The van der Waals surface area contributed by atoms with Gasteiger partial charge in [0.1, 0.15) is 11.8 Å². The normalized spacial score (nSPS) is 13.0. The SMILES string of the molecule is CCn1ncc(Br)c1C(O)c1csnn1. The molecule has 2 heterocycles. The Balaban J connectivity index is 2.40. The minimum Gasteiger partial charge on any atom is -0.380 e. The molecular formula is C8H9BrN4OS. The monoisotopic (exact) mass is 288 g/mol. The number of rotatable bonds is 3. The molecule has 5 nitrogen and oxygen atoms in total. The van der Waals surface area contributed by atoms with Gasteiger partial charge < -0.3 is 5.11 Å². The van der Waals surface area contributed by atoms with Gasteiger partial charge in [0.25, 0.3) is 0 Å². The highest BCUT2D eigenvalue weighted by Crippen LogP contribution is 2.27. The van der Waals surface area contributed by atoms with Crippen molar-refractivity contribution in [3.63, 3.8) is 0 Å². The molecule has 0 fully saturated rings. The largest absolute Gasteiger partial charge is 0.380 e. The van der Waals surface area contributed by atoms with Gasteiger partial charge in [-0.05, 0) is 34.4 Å². The highest BCUT2D eigenvalue weighted by molar-refractivity contribution is 9.10. The van der Waals surface area contributed by atoms with E-state index < -0.39 is 6.10 Å². The number of hydrogen-bond acceptors (Lipinski definition) is 5. The van der Waals surface area contributed by atoms with Crippen molar-refractivity contribution in [2.45, 2.75) is 19.6 Å². The van der Waals surface area contributed by atoms with Crippen LogP contribution in [-0.2, 0) is 6.54 Å². The van der Waals surface area contributed by atoms with Crippen molar-refractivity contribution in [3.05, 3.63) is 27.4 Å². The first-order valence-electron chi connectivity index (χ1n) is 4.40. The number of halogens is 1. The van der Waals surface area contributed by atoms with Crippen LogP contribution in [0.2, 0.25) is 0 Å². The van der Waals surface area contributed by atoms with Gasteiger partial charge in [0, 0.05) is 11.9 Å². The summed E-state index contributed by atoms with van der Waals surface area (Å²) in [5, 5.41) is 19.8. The quantitative estimate of drug-likeness (QED) is 0.932. The van der Waals surface area contributed by atoms with Gasteiger partial charge in [-0.2, -0.15) is 5.10 Å². The van der Waals surface area contributed by atoms with Gasteiger partial charge >= 0.3 is 0 Å². The first kappa shape index (κ1) is 10.7. The average molecular weight is 289 g/mol. The molecule has 0 aliphatic rings. The molecule has 0 aliphatic carbocycles. The van der Waals surface area contributed by atoms with E-state index in [9.17, 15) is 5.11 Å². The smallest absolute Gasteiger partial charge is 0.141 e. The maximum absolute atomic E-state index is 10.1. The lowest BCUT2D eigenvalue weighted by molar-refractivity contribution is 0.202. The van der Waals surface area contributed by atoms with Gasteiger partial charge in [0.2, 0.25) is 0 Å². The summed E-state index contributed by atoms with van der Waals surface area (Å²) < 4.78 is 6.24. The van der Waals surface area contributed by atoms with E-state index in [1.54, 1.807) is 16.3 Å². The number of nitrogens with zero attached hydrogens (tertiary/aromatic N) is 4. The van der Waals surface area contributed by atoms with Crippen LogP contribution in [0.3, 0.4) is 0 Å². The fourth-order valence-electron chi connectivity index (χ4n) is 1.33. The highest BCUT2D eigenvalue weighted by Gasteiger charge is 2.20. The van der Waals surface area contributed by atoms with Crippen molar-refractivity contribution in [1.29, 1.82) is 0 Å². The molecule has 2 aromatic rings. The van der Waals surface area contributed by atoms with Crippen molar-refractivity contribution in [2.24, 2.45) is 0 Å². The third kappa shape index (κ3) is 1.95. The van der Waals surface area contributed by atoms with Gasteiger partial charge in [0.15, 0.2) is 0 Å². The zero-order chi connectivity index (χ0) is 10.8. The lowest BCUT2D eigenvalue weighted by Gasteiger charge is -2.10. The van der Waals surface area contributed by atoms with Crippen molar-refractivity contribution in [1.82, 2.24) is 19.4 Å². The van der Waals surface area contributed by atoms with E-state index in [-0.39, 0.29) is 0 Å². The first-order valence-corrected chi connectivity index (χ1v) is 6.03. The average Bonchev–Trinajstić information content (AvgIpc) is 2.85. The number of aromatic nitrogens is 4. The lowest BCUT2D eigenvalue weighted by Crippen LogP contribution is -2.10. The van der Waals surface area contributed by atoms with Crippen LogP contribution in [0.5, 0.6) is 0 Å². The maximum Gasteiger partial charge on any atom is 0.141 e. The van der Waals surface area contributed by atoms with E-state index in [1.807, 2.05) is 6.92 Å². The van der Waals surface area contributed by atoms with Gasteiger partial charge in [-0.15, -0.1) is 5.10 Å². The Morgan fingerprint density at radius 2 is 2.47 bits per heavy atom. The Morgan fingerprint density at radius 1 is 1.67 bits per heavy atom. The summed E-state index contributed by atoms with van der Waals surface area (Å²) in [6.45, 7) is 2.67. The van der Waals surface area contributed by atoms with E-state index >= 15 is 0 Å². The van der Waals surface area contributed by atoms with Crippen LogP contribution in [0.1, 0.15) is 24.4 Å². The minimum absolute atomic E-state index is 0.552. The summed E-state index contributed by atoms with van der Waals surface area (Å²) in [5.74, 6) is 0. The third-order valence-corrected chi connectivity index (χ3v) is 3.18. The molecule has 1 N–H and O–H groups in total. The summed E-state index contributed by atoms with van der Waals surface area (Å²) in [6, 6.07) is 0. The third-order valence-electron chi connectivity index (χ3n) is 2.05. The lowest BCUT2D eigenvalue weighted by atomic mass is 10.2. The van der Waals surface area contributed by atoms with Crippen molar-refractivity contribution in [3.8, 4) is 0 Å². The topological polar surface area (TPSA) is 63.8 Å².